The van der Waals surface area contributed by atoms with Crippen molar-refractivity contribution in [3.63, 3.8) is 0 Å². The Morgan fingerprint density at radius 2 is 1.79 bits per heavy atom. The van der Waals surface area contributed by atoms with Crippen LogP contribution in [0, 0.1) is 20.8 Å². The van der Waals surface area contributed by atoms with E-state index in [0.717, 1.165) is 16.7 Å². The predicted octanol–water partition coefficient (Wildman–Crippen LogP) is 3.88. The van der Waals surface area contributed by atoms with Crippen LogP contribution >= 0.6 is 11.6 Å². The number of hydrogen-bond donors (Lipinski definition) is 0. The monoisotopic (exact) mass is 275 g/mol. The molecule has 2 rings (SSSR count). The minimum Gasteiger partial charge on any atom is -0.422 e. The Labute approximate surface area is 117 Å². The van der Waals surface area contributed by atoms with Crippen molar-refractivity contribution in [1.29, 1.82) is 0 Å². The van der Waals surface area contributed by atoms with E-state index >= 15 is 0 Å². The molecule has 0 saturated heterocycles. The number of carbonyl (C=O) groups is 1. The van der Waals surface area contributed by atoms with Crippen LogP contribution in [0.1, 0.15) is 27.0 Å². The van der Waals surface area contributed by atoms with E-state index in [0.29, 0.717) is 16.5 Å². The first-order valence-corrected chi connectivity index (χ1v) is 6.27. The molecule has 0 spiro atoms. The Morgan fingerprint density at radius 3 is 2.32 bits per heavy atom. The van der Waals surface area contributed by atoms with Gasteiger partial charge in [0.2, 0.25) is 0 Å². The van der Waals surface area contributed by atoms with Gasteiger partial charge >= 0.3 is 5.97 Å². The molecule has 0 atom stereocenters. The molecule has 0 saturated carbocycles. The summed E-state index contributed by atoms with van der Waals surface area (Å²) in [5.41, 5.74) is 3.40. The molecule has 3 nitrogen and oxygen atoms in total. The Bertz CT molecular complexity index is 598. The molecule has 2 aromatic rings. The van der Waals surface area contributed by atoms with Crippen LogP contribution in [0.4, 0.5) is 0 Å². The largest absolute Gasteiger partial charge is 0.422 e. The van der Waals surface area contributed by atoms with E-state index in [1.165, 1.54) is 6.20 Å². The lowest BCUT2D eigenvalue weighted by atomic mass is 10.1. The Morgan fingerprint density at radius 1 is 1.16 bits per heavy atom. The summed E-state index contributed by atoms with van der Waals surface area (Å²) < 4.78 is 5.43. The van der Waals surface area contributed by atoms with Crippen molar-refractivity contribution in [3.05, 3.63) is 57.9 Å². The van der Waals surface area contributed by atoms with Gasteiger partial charge in [-0.05, 0) is 44.0 Å². The first-order valence-electron chi connectivity index (χ1n) is 5.89. The molecule has 0 aliphatic rings. The van der Waals surface area contributed by atoms with Gasteiger partial charge in [-0.2, -0.15) is 0 Å². The molecule has 1 aromatic heterocycles. The van der Waals surface area contributed by atoms with Gasteiger partial charge in [-0.25, -0.2) is 9.78 Å². The minimum atomic E-state index is -0.431. The summed E-state index contributed by atoms with van der Waals surface area (Å²) in [7, 11) is 0. The highest BCUT2D eigenvalue weighted by atomic mass is 35.5. The average Bonchev–Trinajstić information content (AvgIpc) is 2.34. The molecule has 0 N–H and O–H groups in total. The number of carbonyl (C=O) groups excluding carboxylic acids is 1. The summed E-state index contributed by atoms with van der Waals surface area (Å²) in [5.74, 6) is 0.171. The SMILES string of the molecule is Cc1cc(C)c(OC(=O)c2ccc(Cl)nc2)c(C)c1. The van der Waals surface area contributed by atoms with Gasteiger partial charge in [0.25, 0.3) is 0 Å². The number of aryl methyl sites for hydroxylation is 3. The van der Waals surface area contributed by atoms with Gasteiger partial charge in [-0.15, -0.1) is 0 Å². The molecule has 0 bridgehead atoms. The third-order valence-corrected chi connectivity index (χ3v) is 2.99. The van der Waals surface area contributed by atoms with Gasteiger partial charge in [-0.1, -0.05) is 29.3 Å². The number of esters is 1. The van der Waals surface area contributed by atoms with Gasteiger partial charge in [0.05, 0.1) is 5.56 Å². The van der Waals surface area contributed by atoms with Crippen LogP contribution in [0.5, 0.6) is 5.75 Å². The van der Waals surface area contributed by atoms with Crippen molar-refractivity contribution in [1.82, 2.24) is 4.98 Å². The molecule has 0 unspecified atom stereocenters. The van der Waals surface area contributed by atoms with Crippen molar-refractivity contribution in [2.45, 2.75) is 20.8 Å². The number of benzene rings is 1. The minimum absolute atomic E-state index is 0.347. The van der Waals surface area contributed by atoms with Crippen molar-refractivity contribution in [3.8, 4) is 5.75 Å². The molecule has 0 radical (unpaired) electrons. The number of ether oxygens (including phenoxy) is 1. The van der Waals surface area contributed by atoms with E-state index in [4.69, 9.17) is 16.3 Å². The maximum Gasteiger partial charge on any atom is 0.345 e. The standard InChI is InChI=1S/C15H14ClNO2/c1-9-6-10(2)14(11(3)7-9)19-15(18)12-4-5-13(16)17-8-12/h4-8H,1-3H3. The Kier molecular flexibility index (Phi) is 3.86. The fraction of sp³-hybridized carbons (Fsp3) is 0.200. The van der Waals surface area contributed by atoms with Crippen LogP contribution in [-0.4, -0.2) is 11.0 Å². The van der Waals surface area contributed by atoms with Crippen LogP contribution in [0.2, 0.25) is 5.15 Å². The second-order valence-corrected chi connectivity index (χ2v) is 4.87. The molecular weight excluding hydrogens is 262 g/mol. The Hall–Kier alpha value is -1.87. The van der Waals surface area contributed by atoms with Crippen LogP contribution in [0.25, 0.3) is 0 Å². The zero-order valence-electron chi connectivity index (χ0n) is 11.0. The molecule has 0 aliphatic heterocycles. The first kappa shape index (κ1) is 13.6. The molecule has 0 amide bonds. The van der Waals surface area contributed by atoms with Gasteiger partial charge in [0.1, 0.15) is 10.9 Å². The Balaban J connectivity index is 2.26. The molecule has 98 valence electrons. The van der Waals surface area contributed by atoms with Crippen LogP contribution in [0.3, 0.4) is 0 Å². The maximum absolute atomic E-state index is 12.0. The summed E-state index contributed by atoms with van der Waals surface area (Å²) in [5, 5.41) is 0.347. The van der Waals surface area contributed by atoms with E-state index in [1.807, 2.05) is 32.9 Å². The number of pyridine rings is 1. The summed E-state index contributed by atoms with van der Waals surface area (Å²) in [6, 6.07) is 7.12. The predicted molar refractivity (Wildman–Crippen MR) is 74.9 cm³/mol. The lowest BCUT2D eigenvalue weighted by Crippen LogP contribution is -2.10. The highest BCUT2D eigenvalue weighted by molar-refractivity contribution is 6.29. The summed E-state index contributed by atoms with van der Waals surface area (Å²) in [6.07, 6.45) is 1.41. The molecule has 4 heteroatoms. The average molecular weight is 276 g/mol. The lowest BCUT2D eigenvalue weighted by molar-refractivity contribution is 0.0732. The van der Waals surface area contributed by atoms with Crippen LogP contribution in [0.15, 0.2) is 30.5 Å². The summed E-state index contributed by atoms with van der Waals surface area (Å²) >= 11 is 5.68. The van der Waals surface area contributed by atoms with Crippen molar-refractivity contribution < 1.29 is 9.53 Å². The summed E-state index contributed by atoms with van der Waals surface area (Å²) in [4.78, 5) is 15.9. The van der Waals surface area contributed by atoms with E-state index < -0.39 is 5.97 Å². The van der Waals surface area contributed by atoms with Crippen LogP contribution < -0.4 is 4.74 Å². The van der Waals surface area contributed by atoms with Crippen molar-refractivity contribution >= 4 is 17.6 Å². The first-order chi connectivity index (χ1) is 8.97. The molecule has 0 fully saturated rings. The number of rotatable bonds is 2. The zero-order chi connectivity index (χ0) is 14.0. The molecular formula is C15H14ClNO2. The van der Waals surface area contributed by atoms with Gasteiger partial charge in [0.15, 0.2) is 0 Å². The quantitative estimate of drug-likeness (QED) is 0.474. The normalized spacial score (nSPS) is 10.3. The second kappa shape index (κ2) is 5.41. The molecule has 1 heterocycles. The van der Waals surface area contributed by atoms with Gasteiger partial charge in [-0.3, -0.25) is 0 Å². The number of aromatic nitrogens is 1. The molecule has 19 heavy (non-hydrogen) atoms. The van der Waals surface area contributed by atoms with E-state index in [1.54, 1.807) is 12.1 Å². The van der Waals surface area contributed by atoms with Crippen LogP contribution in [-0.2, 0) is 0 Å². The zero-order valence-corrected chi connectivity index (χ0v) is 11.8. The fourth-order valence-electron chi connectivity index (χ4n) is 1.98. The molecule has 1 aromatic carbocycles. The fourth-order valence-corrected chi connectivity index (χ4v) is 2.09. The third-order valence-electron chi connectivity index (χ3n) is 2.76. The van der Waals surface area contributed by atoms with Gasteiger partial charge < -0.3 is 4.74 Å². The highest BCUT2D eigenvalue weighted by Gasteiger charge is 2.13. The van der Waals surface area contributed by atoms with E-state index in [2.05, 4.69) is 4.98 Å². The third kappa shape index (κ3) is 3.12. The number of nitrogens with zero attached hydrogens (tertiary/aromatic N) is 1. The summed E-state index contributed by atoms with van der Waals surface area (Å²) in [6.45, 7) is 5.85. The number of hydrogen-bond acceptors (Lipinski definition) is 3. The van der Waals surface area contributed by atoms with Gasteiger partial charge in [0, 0.05) is 6.20 Å². The smallest absolute Gasteiger partial charge is 0.345 e. The second-order valence-electron chi connectivity index (χ2n) is 4.49. The topological polar surface area (TPSA) is 39.2 Å². The lowest BCUT2D eigenvalue weighted by Gasteiger charge is -2.11. The van der Waals surface area contributed by atoms with E-state index in [-0.39, 0.29) is 0 Å². The van der Waals surface area contributed by atoms with E-state index in [9.17, 15) is 4.79 Å². The number of halogens is 1. The maximum atomic E-state index is 12.0. The van der Waals surface area contributed by atoms with Crippen molar-refractivity contribution in [2.24, 2.45) is 0 Å². The van der Waals surface area contributed by atoms with Crippen molar-refractivity contribution in [2.75, 3.05) is 0 Å². The highest BCUT2D eigenvalue weighted by Crippen LogP contribution is 2.25. The molecule has 0 aliphatic carbocycles.